The molecular weight excluding hydrogens is 330 g/mol. The molecule has 0 aromatic carbocycles. The van der Waals surface area contributed by atoms with E-state index in [1.807, 2.05) is 20.9 Å². The smallest absolute Gasteiger partial charge is 0.312 e. The number of esters is 1. The summed E-state index contributed by atoms with van der Waals surface area (Å²) < 4.78 is 7.41. The third-order valence-electron chi connectivity index (χ3n) is 6.88. The van der Waals surface area contributed by atoms with E-state index < -0.39 is 6.10 Å². The molecule has 5 rings (SSSR count). The van der Waals surface area contributed by atoms with Gasteiger partial charge in [-0.1, -0.05) is 0 Å². The van der Waals surface area contributed by atoms with Gasteiger partial charge in [0, 0.05) is 7.05 Å². The summed E-state index contributed by atoms with van der Waals surface area (Å²) in [6.45, 7) is 5.42. The van der Waals surface area contributed by atoms with Crippen molar-refractivity contribution in [1.29, 1.82) is 0 Å². The summed E-state index contributed by atoms with van der Waals surface area (Å²) in [6.07, 6.45) is 5.90. The number of nitrogens with one attached hydrogen (secondary N) is 1. The molecule has 142 valence electrons. The molecule has 0 saturated heterocycles. The van der Waals surface area contributed by atoms with Crippen LogP contribution in [0.3, 0.4) is 0 Å². The number of carbonyl (C=O) groups is 2. The van der Waals surface area contributed by atoms with Gasteiger partial charge in [-0.15, -0.1) is 0 Å². The highest BCUT2D eigenvalue weighted by Crippen LogP contribution is 2.60. The van der Waals surface area contributed by atoms with Crippen molar-refractivity contribution in [2.24, 2.45) is 30.2 Å². The first kappa shape index (κ1) is 17.6. The van der Waals surface area contributed by atoms with Crippen LogP contribution in [-0.2, 0) is 21.4 Å². The number of anilines is 1. The first-order chi connectivity index (χ1) is 12.3. The molecule has 6 heteroatoms. The molecule has 0 aliphatic heterocycles. The highest BCUT2D eigenvalue weighted by atomic mass is 16.5. The van der Waals surface area contributed by atoms with E-state index in [1.165, 1.54) is 19.3 Å². The molecule has 0 spiro atoms. The van der Waals surface area contributed by atoms with Crippen molar-refractivity contribution in [2.45, 2.75) is 65.4 Å². The van der Waals surface area contributed by atoms with Gasteiger partial charge in [0.2, 0.25) is 0 Å². The molecule has 0 unspecified atom stereocenters. The Morgan fingerprint density at radius 3 is 2.15 bits per heavy atom. The van der Waals surface area contributed by atoms with Crippen molar-refractivity contribution in [3.63, 3.8) is 0 Å². The molecule has 1 atom stereocenters. The van der Waals surface area contributed by atoms with Gasteiger partial charge in [-0.2, -0.15) is 5.10 Å². The summed E-state index contributed by atoms with van der Waals surface area (Å²) in [4.78, 5) is 25.5. The zero-order valence-electron chi connectivity index (χ0n) is 16.2. The SMILES string of the molecule is Cc1nn(C)c(C)c1NC(=O)[C@@H](C)OC(=O)C12CC3CC(CC(C3)C1)C2. The Balaban J connectivity index is 1.42. The Bertz CT molecular complexity index is 716. The second kappa shape index (κ2) is 6.10. The number of nitrogens with zero attached hydrogens (tertiary/aromatic N) is 2. The van der Waals surface area contributed by atoms with E-state index in [0.717, 1.165) is 30.7 Å². The van der Waals surface area contributed by atoms with Crippen molar-refractivity contribution in [1.82, 2.24) is 9.78 Å². The van der Waals surface area contributed by atoms with Gasteiger partial charge in [-0.3, -0.25) is 14.3 Å². The zero-order valence-corrected chi connectivity index (χ0v) is 16.2. The Morgan fingerprint density at radius 2 is 1.69 bits per heavy atom. The molecule has 4 bridgehead atoms. The maximum absolute atomic E-state index is 13.0. The highest BCUT2D eigenvalue weighted by Gasteiger charge is 2.55. The van der Waals surface area contributed by atoms with E-state index >= 15 is 0 Å². The lowest BCUT2D eigenvalue weighted by molar-refractivity contribution is -0.177. The van der Waals surface area contributed by atoms with Crippen LogP contribution in [0.2, 0.25) is 0 Å². The molecular formula is C20H29N3O3. The molecule has 4 fully saturated rings. The van der Waals surface area contributed by atoms with E-state index in [-0.39, 0.29) is 17.3 Å². The number of rotatable bonds is 4. The number of ether oxygens (including phenoxy) is 1. The van der Waals surface area contributed by atoms with E-state index in [0.29, 0.717) is 23.4 Å². The lowest BCUT2D eigenvalue weighted by Crippen LogP contribution is -2.51. The van der Waals surface area contributed by atoms with Crippen LogP contribution in [0.1, 0.15) is 56.8 Å². The molecule has 1 heterocycles. The van der Waals surface area contributed by atoms with Crippen LogP contribution in [-0.4, -0.2) is 27.8 Å². The molecule has 0 radical (unpaired) electrons. The minimum absolute atomic E-state index is 0.154. The van der Waals surface area contributed by atoms with Gasteiger partial charge in [0.05, 0.1) is 22.5 Å². The average Bonchev–Trinajstić information content (AvgIpc) is 2.79. The summed E-state index contributed by atoms with van der Waals surface area (Å²) in [5.74, 6) is 1.59. The molecule has 1 aromatic rings. The normalized spacial score (nSPS) is 33.2. The minimum Gasteiger partial charge on any atom is -0.452 e. The Kier molecular flexibility index (Phi) is 4.12. The van der Waals surface area contributed by atoms with Gasteiger partial charge < -0.3 is 10.1 Å². The van der Waals surface area contributed by atoms with Crippen LogP contribution in [0, 0.1) is 37.0 Å². The fourth-order valence-electron chi connectivity index (χ4n) is 5.88. The van der Waals surface area contributed by atoms with Gasteiger partial charge in [0.1, 0.15) is 0 Å². The van der Waals surface area contributed by atoms with Crippen molar-refractivity contribution in [3.05, 3.63) is 11.4 Å². The zero-order chi connectivity index (χ0) is 18.6. The average molecular weight is 359 g/mol. The topological polar surface area (TPSA) is 73.2 Å². The number of hydrogen-bond acceptors (Lipinski definition) is 4. The van der Waals surface area contributed by atoms with Crippen LogP contribution >= 0.6 is 0 Å². The van der Waals surface area contributed by atoms with Crippen LogP contribution in [0.5, 0.6) is 0 Å². The largest absolute Gasteiger partial charge is 0.452 e. The minimum atomic E-state index is -0.797. The molecule has 4 saturated carbocycles. The van der Waals surface area contributed by atoms with Crippen molar-refractivity contribution >= 4 is 17.6 Å². The molecule has 4 aliphatic carbocycles. The van der Waals surface area contributed by atoms with E-state index in [9.17, 15) is 9.59 Å². The van der Waals surface area contributed by atoms with Crippen LogP contribution in [0.25, 0.3) is 0 Å². The molecule has 4 aliphatic rings. The maximum Gasteiger partial charge on any atom is 0.312 e. The van der Waals surface area contributed by atoms with E-state index in [1.54, 1.807) is 11.6 Å². The molecule has 1 aromatic heterocycles. The summed E-state index contributed by atoms with van der Waals surface area (Å²) in [5.41, 5.74) is 2.02. The van der Waals surface area contributed by atoms with Gasteiger partial charge in [0.25, 0.3) is 5.91 Å². The predicted molar refractivity (Wildman–Crippen MR) is 97.5 cm³/mol. The second-order valence-corrected chi connectivity index (χ2v) is 8.90. The maximum atomic E-state index is 13.0. The third kappa shape index (κ3) is 2.83. The summed E-state index contributed by atoms with van der Waals surface area (Å²) in [6, 6.07) is 0. The van der Waals surface area contributed by atoms with Crippen LogP contribution in [0.4, 0.5) is 5.69 Å². The first-order valence-electron chi connectivity index (χ1n) is 9.79. The third-order valence-corrected chi connectivity index (χ3v) is 6.88. The van der Waals surface area contributed by atoms with Crippen LogP contribution < -0.4 is 5.32 Å². The summed E-state index contributed by atoms with van der Waals surface area (Å²) >= 11 is 0. The molecule has 26 heavy (non-hydrogen) atoms. The number of aromatic nitrogens is 2. The van der Waals surface area contributed by atoms with Crippen molar-refractivity contribution < 1.29 is 14.3 Å². The number of carbonyl (C=O) groups excluding carboxylic acids is 2. The van der Waals surface area contributed by atoms with Crippen LogP contribution in [0.15, 0.2) is 0 Å². The monoisotopic (exact) mass is 359 g/mol. The van der Waals surface area contributed by atoms with Gasteiger partial charge in [0.15, 0.2) is 6.10 Å². The molecule has 1 amide bonds. The Hall–Kier alpha value is -1.85. The quantitative estimate of drug-likeness (QED) is 0.838. The van der Waals surface area contributed by atoms with Gasteiger partial charge >= 0.3 is 5.97 Å². The second-order valence-electron chi connectivity index (χ2n) is 8.90. The number of hydrogen-bond donors (Lipinski definition) is 1. The Labute approximate surface area is 154 Å². The highest BCUT2D eigenvalue weighted by molar-refractivity contribution is 5.96. The van der Waals surface area contributed by atoms with E-state index in [4.69, 9.17) is 4.74 Å². The lowest BCUT2D eigenvalue weighted by atomic mass is 9.49. The Morgan fingerprint density at radius 1 is 1.15 bits per heavy atom. The summed E-state index contributed by atoms with van der Waals surface area (Å²) in [7, 11) is 1.84. The number of amides is 1. The van der Waals surface area contributed by atoms with Gasteiger partial charge in [-0.05, 0) is 77.0 Å². The van der Waals surface area contributed by atoms with Gasteiger partial charge in [-0.25, -0.2) is 0 Å². The standard InChI is InChI=1S/C20H29N3O3/c1-11-17(12(2)23(4)22-11)21-18(24)13(3)26-19(25)20-8-14-5-15(9-20)7-16(6-14)10-20/h13-16H,5-10H2,1-4H3,(H,21,24)/t13-,14?,15?,16?,20?/m1/s1. The van der Waals surface area contributed by atoms with Crippen molar-refractivity contribution in [2.75, 3.05) is 5.32 Å². The lowest BCUT2D eigenvalue weighted by Gasteiger charge is -2.55. The van der Waals surface area contributed by atoms with Crippen molar-refractivity contribution in [3.8, 4) is 0 Å². The first-order valence-corrected chi connectivity index (χ1v) is 9.79. The molecule has 6 nitrogen and oxygen atoms in total. The predicted octanol–water partition coefficient (Wildman–Crippen LogP) is 3.12. The fourth-order valence-corrected chi connectivity index (χ4v) is 5.88. The van der Waals surface area contributed by atoms with E-state index in [2.05, 4.69) is 10.4 Å². The fraction of sp³-hybridized carbons (Fsp3) is 0.750. The number of aryl methyl sites for hydroxylation is 2. The molecule has 1 N–H and O–H groups in total. The summed E-state index contributed by atoms with van der Waals surface area (Å²) in [5, 5.41) is 7.18.